The highest BCUT2D eigenvalue weighted by Gasteiger charge is 2.52. The maximum atomic E-state index is 6.51. The van der Waals surface area contributed by atoms with E-state index in [1.54, 1.807) is 0 Å². The third-order valence-corrected chi connectivity index (χ3v) is 7.22. The van der Waals surface area contributed by atoms with Gasteiger partial charge in [-0.25, -0.2) is 0 Å². The van der Waals surface area contributed by atoms with E-state index < -0.39 is 18.3 Å². The number of aromatic nitrogens is 3. The Balaban J connectivity index is 1.78. The average molecular weight is 445 g/mol. The predicted octanol–water partition coefficient (Wildman–Crippen LogP) is 5.75. The highest BCUT2D eigenvalue weighted by Crippen LogP contribution is 2.45. The molecule has 0 radical (unpaired) electrons. The third kappa shape index (κ3) is 3.49. The summed E-state index contributed by atoms with van der Waals surface area (Å²) in [5.74, 6) is 0.834. The second-order valence-electron chi connectivity index (χ2n) is 10.2. The molecule has 2 aliphatic heterocycles. The van der Waals surface area contributed by atoms with E-state index in [1.165, 1.54) is 0 Å². The largest absolute Gasteiger partial charge is 0.491 e. The van der Waals surface area contributed by atoms with E-state index in [-0.39, 0.29) is 6.04 Å². The number of hydrogen-bond acceptors (Lipinski definition) is 5. The van der Waals surface area contributed by atoms with Crippen LogP contribution in [0.25, 0.3) is 16.5 Å². The van der Waals surface area contributed by atoms with Crippen molar-refractivity contribution >= 4 is 23.6 Å². The summed E-state index contributed by atoms with van der Waals surface area (Å²) in [7, 11) is -0.442. The summed E-state index contributed by atoms with van der Waals surface area (Å²) in [5.41, 5.74) is 5.45. The summed E-state index contributed by atoms with van der Waals surface area (Å²) in [6.07, 6.45) is 4.54. The second-order valence-corrected chi connectivity index (χ2v) is 10.2. The summed E-state index contributed by atoms with van der Waals surface area (Å²) in [6.45, 7) is 15.2. The topological polar surface area (TPSA) is 58.4 Å². The number of benzene rings is 1. The molecule has 0 amide bonds. The van der Waals surface area contributed by atoms with Crippen molar-refractivity contribution in [1.29, 1.82) is 0 Å². The molecule has 4 heterocycles. The van der Waals surface area contributed by atoms with Crippen molar-refractivity contribution in [1.82, 2.24) is 14.8 Å². The van der Waals surface area contributed by atoms with Crippen LogP contribution in [0.15, 0.2) is 42.1 Å². The summed E-state index contributed by atoms with van der Waals surface area (Å²) in [6, 6.07) is 8.67. The molecule has 0 saturated carbocycles. The summed E-state index contributed by atoms with van der Waals surface area (Å²) in [4.78, 5) is 4.66. The van der Waals surface area contributed by atoms with Crippen LogP contribution < -0.4 is 4.74 Å². The maximum absolute atomic E-state index is 6.51. The quantitative estimate of drug-likeness (QED) is 0.481. The van der Waals surface area contributed by atoms with Gasteiger partial charge in [0.2, 0.25) is 0 Å². The molecule has 172 valence electrons. The first-order valence-electron chi connectivity index (χ1n) is 11.8. The number of hydrogen-bond donors (Lipinski definition) is 0. The standard InChI is InChI=1S/C26H32BN3O3/c1-8-20(27-32-25(4,5)26(6,7)33-27)24-18-10-9-11-28-21(18)15-31-23-13-22-17(12-19(23)24)14-29-30(22)16(2)3/h9-14,16H,8,15H2,1-7H3. The Morgan fingerprint density at radius 2 is 1.85 bits per heavy atom. The Morgan fingerprint density at radius 3 is 2.52 bits per heavy atom. The molecule has 2 aliphatic rings. The number of pyridine rings is 1. The molecule has 0 N–H and O–H groups in total. The van der Waals surface area contributed by atoms with Crippen LogP contribution in [0.4, 0.5) is 0 Å². The van der Waals surface area contributed by atoms with Gasteiger partial charge in [0.1, 0.15) is 12.4 Å². The first-order valence-corrected chi connectivity index (χ1v) is 11.8. The van der Waals surface area contributed by atoms with Gasteiger partial charge in [-0.2, -0.15) is 5.10 Å². The first kappa shape index (κ1) is 22.2. The molecule has 2 aromatic heterocycles. The SMILES string of the molecule is CCC(B1OC(C)(C)C(C)(C)O1)=C1c2cc3cnn(C(C)C)c3cc2OCc2ncccc21. The lowest BCUT2D eigenvalue weighted by Gasteiger charge is -2.32. The van der Waals surface area contributed by atoms with Crippen LogP contribution in [0.5, 0.6) is 5.75 Å². The molecule has 0 unspecified atom stereocenters. The zero-order valence-electron chi connectivity index (χ0n) is 20.6. The number of rotatable bonds is 3. The molecule has 1 saturated heterocycles. The van der Waals surface area contributed by atoms with Crippen LogP contribution >= 0.6 is 0 Å². The summed E-state index contributed by atoms with van der Waals surface area (Å²) < 4.78 is 21.4. The molecule has 5 rings (SSSR count). The lowest BCUT2D eigenvalue weighted by atomic mass is 9.70. The normalized spacial score (nSPS) is 20.4. The molecule has 3 aromatic rings. The van der Waals surface area contributed by atoms with E-state index >= 15 is 0 Å². The molecular weight excluding hydrogens is 413 g/mol. The number of allylic oxidation sites excluding steroid dienone is 1. The predicted molar refractivity (Wildman–Crippen MR) is 131 cm³/mol. The molecule has 33 heavy (non-hydrogen) atoms. The molecule has 1 aromatic carbocycles. The van der Waals surface area contributed by atoms with Crippen molar-refractivity contribution in [3.8, 4) is 5.75 Å². The highest BCUT2D eigenvalue weighted by atomic mass is 16.7. The molecule has 6 nitrogen and oxygen atoms in total. The van der Waals surface area contributed by atoms with E-state index in [4.69, 9.17) is 14.0 Å². The van der Waals surface area contributed by atoms with Crippen molar-refractivity contribution in [3.63, 3.8) is 0 Å². The van der Waals surface area contributed by atoms with Crippen LogP contribution in [-0.2, 0) is 15.9 Å². The fourth-order valence-corrected chi connectivity index (χ4v) is 4.66. The van der Waals surface area contributed by atoms with Crippen molar-refractivity contribution in [2.45, 2.75) is 78.7 Å². The van der Waals surface area contributed by atoms with Gasteiger partial charge < -0.3 is 14.0 Å². The fraction of sp³-hybridized carbons (Fsp3) is 0.462. The molecule has 7 heteroatoms. The van der Waals surface area contributed by atoms with Crippen LogP contribution in [0, 0.1) is 0 Å². The minimum absolute atomic E-state index is 0.260. The van der Waals surface area contributed by atoms with Crippen molar-refractivity contribution < 1.29 is 14.0 Å². The smallest absolute Gasteiger partial charge is 0.487 e. The van der Waals surface area contributed by atoms with E-state index in [0.29, 0.717) is 6.61 Å². The Bertz CT molecular complexity index is 1240. The van der Waals surface area contributed by atoms with Gasteiger partial charge >= 0.3 is 7.12 Å². The highest BCUT2D eigenvalue weighted by molar-refractivity contribution is 6.56. The number of ether oxygens (including phenoxy) is 1. The number of fused-ring (bicyclic) bond motifs is 3. The molecule has 1 fully saturated rings. The third-order valence-electron chi connectivity index (χ3n) is 7.22. The Morgan fingerprint density at radius 1 is 1.12 bits per heavy atom. The maximum Gasteiger partial charge on any atom is 0.491 e. The van der Waals surface area contributed by atoms with E-state index in [0.717, 1.165) is 50.9 Å². The van der Waals surface area contributed by atoms with Crippen LogP contribution in [-0.4, -0.2) is 33.1 Å². The van der Waals surface area contributed by atoms with Crippen LogP contribution in [0.3, 0.4) is 0 Å². The first-order chi connectivity index (χ1) is 15.6. The van der Waals surface area contributed by atoms with Crippen molar-refractivity contribution in [2.24, 2.45) is 0 Å². The zero-order chi connectivity index (χ0) is 23.5. The van der Waals surface area contributed by atoms with Gasteiger partial charge in [0.15, 0.2) is 0 Å². The monoisotopic (exact) mass is 445 g/mol. The van der Waals surface area contributed by atoms with Gasteiger partial charge in [-0.1, -0.05) is 13.0 Å². The van der Waals surface area contributed by atoms with Gasteiger partial charge in [-0.05, 0) is 71.1 Å². The lowest BCUT2D eigenvalue weighted by molar-refractivity contribution is 0.00578. The van der Waals surface area contributed by atoms with Gasteiger partial charge in [0.25, 0.3) is 0 Å². The molecule has 0 bridgehead atoms. The van der Waals surface area contributed by atoms with Crippen LogP contribution in [0.1, 0.15) is 77.7 Å². The van der Waals surface area contributed by atoms with E-state index in [2.05, 4.69) is 76.7 Å². The zero-order valence-corrected chi connectivity index (χ0v) is 20.6. The van der Waals surface area contributed by atoms with Crippen LogP contribution in [0.2, 0.25) is 0 Å². The average Bonchev–Trinajstić information content (AvgIpc) is 3.21. The molecule has 0 atom stereocenters. The second kappa shape index (κ2) is 7.71. The summed E-state index contributed by atoms with van der Waals surface area (Å²) >= 11 is 0. The molecule has 0 aliphatic carbocycles. The van der Waals surface area contributed by atoms with Gasteiger partial charge in [0, 0.05) is 34.8 Å². The Hall–Kier alpha value is -2.64. The Labute approximate surface area is 196 Å². The van der Waals surface area contributed by atoms with Gasteiger partial charge in [0.05, 0.1) is 28.6 Å². The minimum atomic E-state index is -0.442. The summed E-state index contributed by atoms with van der Waals surface area (Å²) in [5, 5.41) is 5.71. The van der Waals surface area contributed by atoms with Crippen molar-refractivity contribution in [2.75, 3.05) is 0 Å². The van der Waals surface area contributed by atoms with Crippen molar-refractivity contribution in [3.05, 3.63) is 59.0 Å². The van der Waals surface area contributed by atoms with E-state index in [1.807, 2.05) is 23.1 Å². The van der Waals surface area contributed by atoms with Gasteiger partial charge in [-0.3, -0.25) is 9.67 Å². The van der Waals surface area contributed by atoms with Gasteiger partial charge in [-0.15, -0.1) is 0 Å². The molecule has 0 spiro atoms. The number of nitrogens with zero attached hydrogens (tertiary/aromatic N) is 3. The minimum Gasteiger partial charge on any atom is -0.487 e. The Kier molecular flexibility index (Phi) is 5.18. The fourth-order valence-electron chi connectivity index (χ4n) is 4.66. The lowest BCUT2D eigenvalue weighted by Crippen LogP contribution is -2.41. The van der Waals surface area contributed by atoms with E-state index in [9.17, 15) is 0 Å². The molecular formula is C26H32BN3O3.